The standard InChI is InChI=1S/C16H18N4/c1-11(2)16(7-8-16)10-18-15-12-5-3-4-6-13(12)19-20-14(15)9-17/h3-6,11H,7-8,10H2,1-2H3,(H,18,19). The van der Waals surface area contributed by atoms with E-state index < -0.39 is 0 Å². The first-order valence-electron chi connectivity index (χ1n) is 7.06. The quantitative estimate of drug-likeness (QED) is 0.921. The van der Waals surface area contributed by atoms with Crippen molar-refractivity contribution >= 4 is 16.6 Å². The molecule has 1 aromatic carbocycles. The van der Waals surface area contributed by atoms with Crippen LogP contribution in [0.2, 0.25) is 0 Å². The monoisotopic (exact) mass is 266 g/mol. The Hall–Kier alpha value is -2.15. The number of hydrogen-bond donors (Lipinski definition) is 1. The van der Waals surface area contributed by atoms with Crippen LogP contribution < -0.4 is 5.32 Å². The molecule has 2 aromatic rings. The molecule has 0 radical (unpaired) electrons. The first kappa shape index (κ1) is 12.9. The number of anilines is 1. The van der Waals surface area contributed by atoms with Gasteiger partial charge in [0, 0.05) is 11.9 Å². The lowest BCUT2D eigenvalue weighted by molar-refractivity contribution is 0.380. The lowest BCUT2D eigenvalue weighted by Gasteiger charge is -2.21. The predicted molar refractivity (Wildman–Crippen MR) is 79.2 cm³/mol. The molecule has 0 aliphatic heterocycles. The van der Waals surface area contributed by atoms with Gasteiger partial charge in [-0.05, 0) is 30.2 Å². The molecule has 0 spiro atoms. The van der Waals surface area contributed by atoms with Crippen molar-refractivity contribution in [2.75, 3.05) is 11.9 Å². The van der Waals surface area contributed by atoms with Gasteiger partial charge in [0.25, 0.3) is 0 Å². The SMILES string of the molecule is CC(C)C1(CNc2c(C#N)nnc3ccccc23)CC1. The number of hydrogen-bond acceptors (Lipinski definition) is 4. The Morgan fingerprint density at radius 1 is 1.30 bits per heavy atom. The Kier molecular flexibility index (Phi) is 3.06. The van der Waals surface area contributed by atoms with Crippen molar-refractivity contribution in [3.05, 3.63) is 30.0 Å². The molecule has 1 aromatic heterocycles. The van der Waals surface area contributed by atoms with Crippen LogP contribution in [-0.2, 0) is 0 Å². The summed E-state index contributed by atoms with van der Waals surface area (Å²) in [4.78, 5) is 0. The van der Waals surface area contributed by atoms with Gasteiger partial charge < -0.3 is 5.32 Å². The molecule has 0 atom stereocenters. The Morgan fingerprint density at radius 2 is 2.05 bits per heavy atom. The molecule has 0 unspecified atom stereocenters. The molecule has 0 saturated heterocycles. The molecule has 1 fully saturated rings. The highest BCUT2D eigenvalue weighted by Crippen LogP contribution is 2.51. The highest BCUT2D eigenvalue weighted by molar-refractivity contribution is 5.92. The number of nitrogens with one attached hydrogen (secondary N) is 1. The number of benzene rings is 1. The summed E-state index contributed by atoms with van der Waals surface area (Å²) in [6.07, 6.45) is 2.52. The van der Waals surface area contributed by atoms with Crippen LogP contribution in [0.4, 0.5) is 5.69 Å². The summed E-state index contributed by atoms with van der Waals surface area (Å²) in [6.45, 7) is 5.43. The van der Waals surface area contributed by atoms with E-state index in [2.05, 4.69) is 35.4 Å². The largest absolute Gasteiger partial charge is 0.382 e. The van der Waals surface area contributed by atoms with Crippen LogP contribution in [-0.4, -0.2) is 16.7 Å². The summed E-state index contributed by atoms with van der Waals surface area (Å²) in [7, 11) is 0. The van der Waals surface area contributed by atoms with Crippen LogP contribution in [0.25, 0.3) is 10.9 Å². The second-order valence-electron chi connectivity index (χ2n) is 5.92. The maximum absolute atomic E-state index is 9.24. The average Bonchev–Trinajstić information content (AvgIpc) is 3.25. The minimum absolute atomic E-state index is 0.378. The smallest absolute Gasteiger partial charge is 0.186 e. The molecule has 1 N–H and O–H groups in total. The Morgan fingerprint density at radius 3 is 2.70 bits per heavy atom. The molecule has 4 heteroatoms. The van der Waals surface area contributed by atoms with E-state index in [1.54, 1.807) is 0 Å². The van der Waals surface area contributed by atoms with Crippen molar-refractivity contribution in [3.8, 4) is 6.07 Å². The fraction of sp³-hybridized carbons (Fsp3) is 0.438. The van der Waals surface area contributed by atoms with Gasteiger partial charge in [0.1, 0.15) is 6.07 Å². The van der Waals surface area contributed by atoms with Crippen LogP contribution in [0.15, 0.2) is 24.3 Å². The van der Waals surface area contributed by atoms with Crippen molar-refractivity contribution in [3.63, 3.8) is 0 Å². The maximum atomic E-state index is 9.24. The van der Waals surface area contributed by atoms with Crippen molar-refractivity contribution in [2.45, 2.75) is 26.7 Å². The number of fused-ring (bicyclic) bond motifs is 1. The fourth-order valence-electron chi connectivity index (χ4n) is 2.69. The minimum atomic E-state index is 0.378. The second kappa shape index (κ2) is 4.75. The van der Waals surface area contributed by atoms with E-state index in [1.807, 2.05) is 24.3 Å². The molecule has 4 nitrogen and oxygen atoms in total. The molecular weight excluding hydrogens is 248 g/mol. The molecule has 1 saturated carbocycles. The number of nitriles is 1. The molecular formula is C16H18N4. The highest BCUT2D eigenvalue weighted by atomic mass is 15.1. The first-order chi connectivity index (χ1) is 9.66. The molecule has 102 valence electrons. The van der Waals surface area contributed by atoms with Gasteiger partial charge in [0.2, 0.25) is 0 Å². The van der Waals surface area contributed by atoms with Gasteiger partial charge in [-0.25, -0.2) is 0 Å². The van der Waals surface area contributed by atoms with Crippen LogP contribution in [0.1, 0.15) is 32.4 Å². The fourth-order valence-corrected chi connectivity index (χ4v) is 2.69. The summed E-state index contributed by atoms with van der Waals surface area (Å²) < 4.78 is 0. The lowest BCUT2D eigenvalue weighted by atomic mass is 9.92. The summed E-state index contributed by atoms with van der Waals surface area (Å²) in [5.74, 6) is 0.654. The topological polar surface area (TPSA) is 61.6 Å². The van der Waals surface area contributed by atoms with Gasteiger partial charge in [-0.2, -0.15) is 5.26 Å². The van der Waals surface area contributed by atoms with Crippen molar-refractivity contribution in [1.82, 2.24) is 10.2 Å². The van der Waals surface area contributed by atoms with Gasteiger partial charge in [0.05, 0.1) is 11.2 Å². The number of rotatable bonds is 4. The van der Waals surface area contributed by atoms with Crippen molar-refractivity contribution in [1.29, 1.82) is 5.26 Å². The zero-order chi connectivity index (χ0) is 14.2. The lowest BCUT2D eigenvalue weighted by Crippen LogP contribution is -2.21. The Balaban J connectivity index is 1.96. The molecule has 1 aliphatic carbocycles. The normalized spacial score (nSPS) is 16.1. The molecule has 20 heavy (non-hydrogen) atoms. The van der Waals surface area contributed by atoms with Crippen molar-refractivity contribution in [2.24, 2.45) is 11.3 Å². The molecule has 1 heterocycles. The van der Waals surface area contributed by atoms with E-state index >= 15 is 0 Å². The summed E-state index contributed by atoms with van der Waals surface area (Å²) >= 11 is 0. The van der Waals surface area contributed by atoms with E-state index in [-0.39, 0.29) is 0 Å². The number of nitrogens with zero attached hydrogens (tertiary/aromatic N) is 3. The van der Waals surface area contributed by atoms with E-state index in [1.165, 1.54) is 12.8 Å². The summed E-state index contributed by atoms with van der Waals surface area (Å²) in [5, 5.41) is 21.8. The zero-order valence-electron chi connectivity index (χ0n) is 11.8. The summed E-state index contributed by atoms with van der Waals surface area (Å²) in [6, 6.07) is 9.94. The highest BCUT2D eigenvalue weighted by Gasteiger charge is 2.45. The number of aromatic nitrogens is 2. The molecule has 1 aliphatic rings. The van der Waals surface area contributed by atoms with Crippen LogP contribution >= 0.6 is 0 Å². The van der Waals surface area contributed by atoms with Gasteiger partial charge in [-0.3, -0.25) is 0 Å². The second-order valence-corrected chi connectivity index (χ2v) is 5.92. The molecule has 3 rings (SSSR count). The van der Waals surface area contributed by atoms with Crippen LogP contribution in [0.3, 0.4) is 0 Å². The van der Waals surface area contributed by atoms with E-state index in [4.69, 9.17) is 0 Å². The molecule has 0 bridgehead atoms. The Labute approximate surface area is 118 Å². The van der Waals surface area contributed by atoms with E-state index in [9.17, 15) is 5.26 Å². The Bertz CT molecular complexity index is 680. The maximum Gasteiger partial charge on any atom is 0.186 e. The van der Waals surface area contributed by atoms with Gasteiger partial charge in [-0.15, -0.1) is 10.2 Å². The van der Waals surface area contributed by atoms with E-state index in [0.29, 0.717) is 17.0 Å². The first-order valence-corrected chi connectivity index (χ1v) is 7.06. The van der Waals surface area contributed by atoms with Crippen molar-refractivity contribution < 1.29 is 0 Å². The third-order valence-corrected chi connectivity index (χ3v) is 4.51. The molecule has 0 amide bonds. The third-order valence-electron chi connectivity index (χ3n) is 4.51. The summed E-state index contributed by atoms with van der Waals surface area (Å²) in [5.41, 5.74) is 2.41. The van der Waals surface area contributed by atoms with Crippen LogP contribution in [0, 0.1) is 22.7 Å². The van der Waals surface area contributed by atoms with Gasteiger partial charge >= 0.3 is 0 Å². The zero-order valence-corrected chi connectivity index (χ0v) is 11.8. The predicted octanol–water partition coefficient (Wildman–Crippen LogP) is 3.35. The minimum Gasteiger partial charge on any atom is -0.382 e. The average molecular weight is 266 g/mol. The van der Waals surface area contributed by atoms with E-state index in [0.717, 1.165) is 23.1 Å². The van der Waals surface area contributed by atoms with Gasteiger partial charge in [0.15, 0.2) is 5.69 Å². The third kappa shape index (κ3) is 2.09. The van der Waals surface area contributed by atoms with Gasteiger partial charge in [-0.1, -0.05) is 32.0 Å². The van der Waals surface area contributed by atoms with Crippen LogP contribution in [0.5, 0.6) is 0 Å².